The summed E-state index contributed by atoms with van der Waals surface area (Å²) in [5.74, 6) is 2.88. The monoisotopic (exact) mass is 448 g/mol. The molecule has 1 unspecified atom stereocenters. The number of ether oxygens (including phenoxy) is 1. The van der Waals surface area contributed by atoms with Crippen molar-refractivity contribution in [1.82, 2.24) is 25.4 Å². The second-order valence-electron chi connectivity index (χ2n) is 6.59. The molecule has 0 spiro atoms. The van der Waals surface area contributed by atoms with Crippen LogP contribution in [0.4, 0.5) is 0 Å². The van der Waals surface area contributed by atoms with E-state index < -0.39 is 0 Å². The molecule has 2 aliphatic rings. The van der Waals surface area contributed by atoms with E-state index in [0.717, 1.165) is 63.1 Å². The molecule has 24 heavy (non-hydrogen) atoms. The van der Waals surface area contributed by atoms with Crippen LogP contribution in [0.15, 0.2) is 4.99 Å². The first-order valence-electron chi connectivity index (χ1n) is 8.77. The zero-order valence-electron chi connectivity index (χ0n) is 14.7. The number of guanidine groups is 1. The molecule has 1 atom stereocenters. The number of halogens is 1. The lowest BCUT2D eigenvalue weighted by Gasteiger charge is -2.24. The minimum Gasteiger partial charge on any atom is -0.373 e. The van der Waals surface area contributed by atoms with E-state index in [2.05, 4.69) is 44.2 Å². The molecule has 2 N–H and O–H groups in total. The van der Waals surface area contributed by atoms with Gasteiger partial charge in [-0.25, -0.2) is 4.99 Å². The van der Waals surface area contributed by atoms with Crippen LogP contribution < -0.4 is 10.6 Å². The average molecular weight is 448 g/mol. The lowest BCUT2D eigenvalue weighted by atomic mass is 10.0. The van der Waals surface area contributed by atoms with Crippen molar-refractivity contribution in [3.63, 3.8) is 0 Å². The number of nitrogens with zero attached hydrogens (tertiary/aromatic N) is 4. The Kier molecular flexibility index (Phi) is 7.27. The fourth-order valence-electron chi connectivity index (χ4n) is 3.22. The smallest absolute Gasteiger partial charge is 0.191 e. The third-order valence-corrected chi connectivity index (χ3v) is 4.59. The summed E-state index contributed by atoms with van der Waals surface area (Å²) < 4.78 is 8.04. The lowest BCUT2D eigenvalue weighted by molar-refractivity contribution is 0.0243. The van der Waals surface area contributed by atoms with Gasteiger partial charge in [0.05, 0.1) is 5.60 Å². The van der Waals surface area contributed by atoms with Crippen LogP contribution in [-0.2, 0) is 24.2 Å². The summed E-state index contributed by atoms with van der Waals surface area (Å²) in [6.45, 7) is 8.27. The number of aromatic nitrogens is 3. The van der Waals surface area contributed by atoms with Gasteiger partial charge in [-0.2, -0.15) is 0 Å². The highest BCUT2D eigenvalue weighted by atomic mass is 127. The fraction of sp³-hybridized carbons (Fsp3) is 0.812. The second-order valence-corrected chi connectivity index (χ2v) is 6.59. The molecule has 2 aliphatic heterocycles. The van der Waals surface area contributed by atoms with Gasteiger partial charge in [-0.3, -0.25) is 0 Å². The number of hydrogen-bond donors (Lipinski definition) is 2. The van der Waals surface area contributed by atoms with Gasteiger partial charge in [-0.1, -0.05) is 0 Å². The third kappa shape index (κ3) is 4.81. The highest BCUT2D eigenvalue weighted by Gasteiger charge is 2.29. The zero-order valence-corrected chi connectivity index (χ0v) is 17.0. The van der Waals surface area contributed by atoms with Gasteiger partial charge in [0.25, 0.3) is 0 Å². The number of hydrogen-bond acceptors (Lipinski definition) is 4. The van der Waals surface area contributed by atoms with Gasteiger partial charge in [0.1, 0.15) is 12.4 Å². The van der Waals surface area contributed by atoms with E-state index >= 15 is 0 Å². The highest BCUT2D eigenvalue weighted by molar-refractivity contribution is 14.0. The second kappa shape index (κ2) is 8.98. The summed E-state index contributed by atoms with van der Waals surface area (Å²) in [5, 5.41) is 15.3. The van der Waals surface area contributed by atoms with Gasteiger partial charge in [0.15, 0.2) is 11.8 Å². The third-order valence-electron chi connectivity index (χ3n) is 4.59. The van der Waals surface area contributed by atoms with E-state index in [9.17, 15) is 0 Å². The Hall–Kier alpha value is -0.900. The summed E-state index contributed by atoms with van der Waals surface area (Å²) >= 11 is 0. The quantitative estimate of drug-likeness (QED) is 0.409. The Morgan fingerprint density at radius 1 is 1.29 bits per heavy atom. The minimum absolute atomic E-state index is 0. The van der Waals surface area contributed by atoms with Crippen molar-refractivity contribution in [3.8, 4) is 0 Å². The van der Waals surface area contributed by atoms with Gasteiger partial charge in [-0.05, 0) is 39.5 Å². The Labute approximate surface area is 161 Å². The maximum atomic E-state index is 5.82. The van der Waals surface area contributed by atoms with E-state index in [4.69, 9.17) is 4.74 Å². The molecule has 7 nitrogen and oxygen atoms in total. The average Bonchev–Trinajstić information content (AvgIpc) is 3.17. The van der Waals surface area contributed by atoms with Crippen LogP contribution in [0.2, 0.25) is 0 Å². The van der Waals surface area contributed by atoms with Crippen molar-refractivity contribution >= 4 is 29.9 Å². The Balaban J connectivity index is 0.00000208. The maximum absolute atomic E-state index is 5.82. The molecule has 0 aliphatic carbocycles. The molecule has 0 aromatic carbocycles. The lowest BCUT2D eigenvalue weighted by Crippen LogP contribution is -2.45. The summed E-state index contributed by atoms with van der Waals surface area (Å²) in [6, 6.07) is 0. The SMILES string of the molecule is CCNC(=NCc1nnc2n1CCCC2)NCC1(C)CCCO1.I. The molecule has 136 valence electrons. The van der Waals surface area contributed by atoms with Crippen LogP contribution in [0.25, 0.3) is 0 Å². The van der Waals surface area contributed by atoms with Crippen molar-refractivity contribution < 1.29 is 4.74 Å². The zero-order chi connectivity index (χ0) is 16.1. The van der Waals surface area contributed by atoms with Gasteiger partial charge >= 0.3 is 0 Å². The van der Waals surface area contributed by atoms with Crippen LogP contribution in [0.1, 0.15) is 51.2 Å². The first-order valence-corrected chi connectivity index (χ1v) is 8.77. The van der Waals surface area contributed by atoms with E-state index in [0.29, 0.717) is 6.54 Å². The highest BCUT2D eigenvalue weighted by Crippen LogP contribution is 2.23. The van der Waals surface area contributed by atoms with Gasteiger partial charge in [0.2, 0.25) is 0 Å². The topological polar surface area (TPSA) is 76.4 Å². The fourth-order valence-corrected chi connectivity index (χ4v) is 3.22. The molecule has 0 amide bonds. The number of aryl methyl sites for hydroxylation is 1. The largest absolute Gasteiger partial charge is 0.373 e. The first kappa shape index (κ1) is 19.4. The van der Waals surface area contributed by atoms with Crippen molar-refractivity contribution in [2.24, 2.45) is 4.99 Å². The molecule has 1 aromatic rings. The molecule has 8 heteroatoms. The van der Waals surface area contributed by atoms with Gasteiger partial charge in [-0.15, -0.1) is 34.2 Å². The van der Waals surface area contributed by atoms with Gasteiger partial charge in [0, 0.05) is 32.7 Å². The van der Waals surface area contributed by atoms with E-state index in [1.165, 1.54) is 12.8 Å². The summed E-state index contributed by atoms with van der Waals surface area (Å²) in [4.78, 5) is 4.67. The van der Waals surface area contributed by atoms with Crippen LogP contribution >= 0.6 is 24.0 Å². The molecule has 1 aromatic heterocycles. The van der Waals surface area contributed by atoms with E-state index in [1.54, 1.807) is 0 Å². The van der Waals surface area contributed by atoms with Crippen molar-refractivity contribution in [2.45, 2.75) is 64.6 Å². The minimum atomic E-state index is -0.0791. The Morgan fingerprint density at radius 3 is 2.92 bits per heavy atom. The van der Waals surface area contributed by atoms with E-state index in [-0.39, 0.29) is 29.6 Å². The van der Waals surface area contributed by atoms with Crippen LogP contribution in [0, 0.1) is 0 Å². The number of nitrogens with one attached hydrogen (secondary N) is 2. The molecular formula is C16H29IN6O. The standard InChI is InChI=1S/C16H28N6O.HI/c1-3-17-15(19-12-16(2)8-6-10-23-16)18-11-14-21-20-13-7-4-5-9-22(13)14;/h3-12H2,1-2H3,(H2,17,18,19);1H. The summed E-state index contributed by atoms with van der Waals surface area (Å²) in [7, 11) is 0. The van der Waals surface area contributed by atoms with Crippen LogP contribution in [0.3, 0.4) is 0 Å². The molecule has 0 radical (unpaired) electrons. The number of aliphatic imine (C=N–C) groups is 1. The molecule has 3 heterocycles. The van der Waals surface area contributed by atoms with E-state index in [1.807, 2.05) is 0 Å². The Bertz CT molecular complexity index is 553. The maximum Gasteiger partial charge on any atom is 0.191 e. The Morgan fingerprint density at radius 2 is 2.17 bits per heavy atom. The van der Waals surface area contributed by atoms with Crippen LogP contribution in [-0.4, -0.2) is 46.0 Å². The molecule has 1 fully saturated rings. The molecular weight excluding hydrogens is 419 g/mol. The molecule has 1 saturated heterocycles. The van der Waals surface area contributed by atoms with Crippen molar-refractivity contribution in [2.75, 3.05) is 19.7 Å². The number of fused-ring (bicyclic) bond motifs is 1. The summed E-state index contributed by atoms with van der Waals surface area (Å²) in [5.41, 5.74) is -0.0791. The van der Waals surface area contributed by atoms with Crippen molar-refractivity contribution in [3.05, 3.63) is 11.6 Å². The van der Waals surface area contributed by atoms with Gasteiger partial charge < -0.3 is 19.9 Å². The molecule has 3 rings (SSSR count). The molecule has 0 bridgehead atoms. The summed E-state index contributed by atoms with van der Waals surface area (Å²) in [6.07, 6.45) is 5.68. The number of rotatable bonds is 5. The normalized spacial score (nSPS) is 23.5. The molecule has 0 saturated carbocycles. The predicted octanol–water partition coefficient (Wildman–Crippen LogP) is 1.86. The van der Waals surface area contributed by atoms with Crippen LogP contribution in [0.5, 0.6) is 0 Å². The van der Waals surface area contributed by atoms with Crippen molar-refractivity contribution in [1.29, 1.82) is 0 Å². The predicted molar refractivity (Wildman–Crippen MR) is 105 cm³/mol. The first-order chi connectivity index (χ1) is 11.2.